The molecule has 2 rings (SSSR count). The Labute approximate surface area is 115 Å². The van der Waals surface area contributed by atoms with Crippen LogP contribution in [-0.4, -0.2) is 29.9 Å². The van der Waals surface area contributed by atoms with Crippen molar-refractivity contribution in [2.75, 3.05) is 13.1 Å². The Balaban J connectivity index is 1.88. The number of hydrogen-bond acceptors (Lipinski definition) is 2. The van der Waals surface area contributed by atoms with Gasteiger partial charge in [-0.1, -0.05) is 29.8 Å². The number of piperidine rings is 1. The molecular formula is C16H24N2O. The van der Waals surface area contributed by atoms with Gasteiger partial charge in [0, 0.05) is 19.1 Å². The highest BCUT2D eigenvalue weighted by atomic mass is 16.2. The van der Waals surface area contributed by atoms with Gasteiger partial charge in [-0.25, -0.2) is 0 Å². The van der Waals surface area contributed by atoms with Crippen LogP contribution in [-0.2, 0) is 11.2 Å². The van der Waals surface area contributed by atoms with Crippen LogP contribution in [0.5, 0.6) is 0 Å². The molecule has 0 radical (unpaired) electrons. The van der Waals surface area contributed by atoms with Crippen LogP contribution in [0.4, 0.5) is 0 Å². The van der Waals surface area contributed by atoms with Crippen LogP contribution >= 0.6 is 0 Å². The highest BCUT2D eigenvalue weighted by molar-refractivity contribution is 5.78. The van der Waals surface area contributed by atoms with Gasteiger partial charge in [-0.3, -0.25) is 4.79 Å². The molecule has 19 heavy (non-hydrogen) atoms. The Morgan fingerprint density at radius 3 is 2.68 bits per heavy atom. The summed E-state index contributed by atoms with van der Waals surface area (Å²) in [5.41, 5.74) is 8.25. The van der Waals surface area contributed by atoms with E-state index in [1.807, 2.05) is 17.0 Å². The van der Waals surface area contributed by atoms with E-state index in [2.05, 4.69) is 26.0 Å². The minimum Gasteiger partial charge on any atom is -0.342 e. The van der Waals surface area contributed by atoms with Crippen LogP contribution in [0, 0.1) is 12.8 Å². The van der Waals surface area contributed by atoms with E-state index in [0.717, 1.165) is 31.5 Å². The highest BCUT2D eigenvalue weighted by Gasteiger charge is 2.24. The van der Waals surface area contributed by atoms with Gasteiger partial charge in [0.2, 0.25) is 5.91 Å². The summed E-state index contributed by atoms with van der Waals surface area (Å²) in [6.07, 6.45) is 2.60. The first-order valence-corrected chi connectivity index (χ1v) is 7.15. The van der Waals surface area contributed by atoms with Gasteiger partial charge < -0.3 is 10.6 Å². The zero-order valence-electron chi connectivity index (χ0n) is 11.9. The third-order valence-corrected chi connectivity index (χ3v) is 4.07. The molecule has 0 aromatic heterocycles. The van der Waals surface area contributed by atoms with Crippen molar-refractivity contribution in [2.24, 2.45) is 11.7 Å². The average Bonchev–Trinajstić information content (AvgIpc) is 2.39. The van der Waals surface area contributed by atoms with Crippen molar-refractivity contribution in [3.8, 4) is 0 Å². The summed E-state index contributed by atoms with van der Waals surface area (Å²) in [4.78, 5) is 14.2. The van der Waals surface area contributed by atoms with E-state index in [9.17, 15) is 4.79 Å². The molecule has 1 atom stereocenters. The second-order valence-corrected chi connectivity index (χ2v) is 5.74. The van der Waals surface area contributed by atoms with E-state index in [-0.39, 0.29) is 11.9 Å². The maximum absolute atomic E-state index is 12.3. The zero-order valence-corrected chi connectivity index (χ0v) is 11.9. The molecule has 0 bridgehead atoms. The second kappa shape index (κ2) is 6.20. The first-order chi connectivity index (χ1) is 9.06. The third kappa shape index (κ3) is 3.80. The first kappa shape index (κ1) is 14.1. The van der Waals surface area contributed by atoms with Gasteiger partial charge in [-0.2, -0.15) is 0 Å². The molecule has 0 aliphatic carbocycles. The Bertz CT molecular complexity index is 434. The van der Waals surface area contributed by atoms with E-state index < -0.39 is 0 Å². The summed E-state index contributed by atoms with van der Waals surface area (Å²) in [6.45, 7) is 5.84. The molecule has 1 aromatic carbocycles. The quantitative estimate of drug-likeness (QED) is 0.905. The van der Waals surface area contributed by atoms with Crippen molar-refractivity contribution in [1.29, 1.82) is 0 Å². The summed E-state index contributed by atoms with van der Waals surface area (Å²) in [6, 6.07) is 8.43. The third-order valence-electron chi connectivity index (χ3n) is 4.07. The van der Waals surface area contributed by atoms with Crippen molar-refractivity contribution >= 4 is 5.91 Å². The number of carbonyl (C=O) groups excluding carboxylic acids is 1. The monoisotopic (exact) mass is 260 g/mol. The largest absolute Gasteiger partial charge is 0.342 e. The minimum absolute atomic E-state index is 0.244. The lowest BCUT2D eigenvalue weighted by atomic mass is 9.90. The number of benzene rings is 1. The summed E-state index contributed by atoms with van der Waals surface area (Å²) >= 11 is 0. The smallest absolute Gasteiger partial charge is 0.226 e. The van der Waals surface area contributed by atoms with E-state index in [0.29, 0.717) is 12.3 Å². The summed E-state index contributed by atoms with van der Waals surface area (Å²) in [5, 5.41) is 0. The molecule has 0 saturated carbocycles. The van der Waals surface area contributed by atoms with E-state index in [1.54, 1.807) is 0 Å². The SMILES string of the molecule is Cc1cccc(CC(=O)N2CCC(C(C)N)CC2)c1. The number of aryl methyl sites for hydroxylation is 1. The maximum atomic E-state index is 12.3. The van der Waals surface area contributed by atoms with E-state index in [1.165, 1.54) is 5.56 Å². The minimum atomic E-state index is 0.244. The molecule has 2 N–H and O–H groups in total. The number of hydrogen-bond donors (Lipinski definition) is 1. The van der Waals surface area contributed by atoms with Gasteiger partial charge in [0.25, 0.3) is 0 Å². The zero-order chi connectivity index (χ0) is 13.8. The van der Waals surface area contributed by atoms with Crippen molar-refractivity contribution in [3.05, 3.63) is 35.4 Å². The van der Waals surface area contributed by atoms with Gasteiger partial charge in [-0.05, 0) is 38.2 Å². The number of likely N-dealkylation sites (tertiary alicyclic amines) is 1. The first-order valence-electron chi connectivity index (χ1n) is 7.15. The fourth-order valence-corrected chi connectivity index (χ4v) is 2.78. The topological polar surface area (TPSA) is 46.3 Å². The Morgan fingerprint density at radius 1 is 1.42 bits per heavy atom. The summed E-state index contributed by atoms with van der Waals surface area (Å²) in [5.74, 6) is 0.816. The fraction of sp³-hybridized carbons (Fsp3) is 0.562. The van der Waals surface area contributed by atoms with Crippen molar-refractivity contribution < 1.29 is 4.79 Å². The number of nitrogens with two attached hydrogens (primary N) is 1. The number of carbonyl (C=O) groups is 1. The van der Waals surface area contributed by atoms with Crippen LogP contribution in [0.1, 0.15) is 30.9 Å². The van der Waals surface area contributed by atoms with Gasteiger partial charge in [0.15, 0.2) is 0 Å². The van der Waals surface area contributed by atoms with Crippen LogP contribution < -0.4 is 5.73 Å². The van der Waals surface area contributed by atoms with E-state index in [4.69, 9.17) is 5.73 Å². The molecule has 1 saturated heterocycles. The number of rotatable bonds is 3. The fourth-order valence-electron chi connectivity index (χ4n) is 2.78. The lowest BCUT2D eigenvalue weighted by Gasteiger charge is -2.33. The standard InChI is InChI=1S/C16H24N2O/c1-12-4-3-5-14(10-12)11-16(19)18-8-6-15(7-9-18)13(2)17/h3-5,10,13,15H,6-9,11,17H2,1-2H3. The molecule has 1 aliphatic heterocycles. The van der Waals surface area contributed by atoms with Crippen LogP contribution in [0.25, 0.3) is 0 Å². The van der Waals surface area contributed by atoms with Crippen molar-refractivity contribution in [2.45, 2.75) is 39.2 Å². The normalized spacial score (nSPS) is 18.4. The van der Waals surface area contributed by atoms with Crippen LogP contribution in [0.2, 0.25) is 0 Å². The molecule has 1 unspecified atom stereocenters. The summed E-state index contributed by atoms with van der Waals surface area (Å²) < 4.78 is 0. The number of amides is 1. The Morgan fingerprint density at radius 2 is 2.11 bits per heavy atom. The molecule has 1 aliphatic rings. The molecule has 1 fully saturated rings. The highest BCUT2D eigenvalue weighted by Crippen LogP contribution is 2.20. The van der Waals surface area contributed by atoms with Gasteiger partial charge >= 0.3 is 0 Å². The second-order valence-electron chi connectivity index (χ2n) is 5.74. The van der Waals surface area contributed by atoms with Gasteiger partial charge in [0.1, 0.15) is 0 Å². The van der Waals surface area contributed by atoms with Crippen molar-refractivity contribution in [1.82, 2.24) is 4.90 Å². The number of nitrogens with zero attached hydrogens (tertiary/aromatic N) is 1. The molecule has 1 amide bonds. The molecule has 1 aromatic rings. The van der Waals surface area contributed by atoms with Gasteiger partial charge in [-0.15, -0.1) is 0 Å². The lowest BCUT2D eigenvalue weighted by molar-refractivity contribution is -0.131. The molecular weight excluding hydrogens is 236 g/mol. The summed E-state index contributed by atoms with van der Waals surface area (Å²) in [7, 11) is 0. The van der Waals surface area contributed by atoms with E-state index >= 15 is 0 Å². The molecule has 3 heteroatoms. The molecule has 3 nitrogen and oxygen atoms in total. The molecule has 1 heterocycles. The maximum Gasteiger partial charge on any atom is 0.226 e. The average molecular weight is 260 g/mol. The van der Waals surface area contributed by atoms with Crippen LogP contribution in [0.15, 0.2) is 24.3 Å². The molecule has 0 spiro atoms. The van der Waals surface area contributed by atoms with Gasteiger partial charge in [0.05, 0.1) is 6.42 Å². The van der Waals surface area contributed by atoms with Crippen LogP contribution in [0.3, 0.4) is 0 Å². The predicted molar refractivity (Wildman–Crippen MR) is 77.8 cm³/mol. The molecule has 104 valence electrons. The lowest BCUT2D eigenvalue weighted by Crippen LogP contribution is -2.43. The Kier molecular flexibility index (Phi) is 4.59. The predicted octanol–water partition coefficient (Wildman–Crippen LogP) is 2.12. The van der Waals surface area contributed by atoms with Crippen molar-refractivity contribution in [3.63, 3.8) is 0 Å². The Hall–Kier alpha value is -1.35.